The van der Waals surface area contributed by atoms with Gasteiger partial charge in [0.2, 0.25) is 0 Å². The van der Waals surface area contributed by atoms with Crippen molar-refractivity contribution in [3.05, 3.63) is 29.8 Å². The quantitative estimate of drug-likeness (QED) is 0.744. The molecule has 0 unspecified atom stereocenters. The van der Waals surface area contributed by atoms with E-state index in [1.54, 1.807) is 0 Å². The van der Waals surface area contributed by atoms with Gasteiger partial charge in [0.05, 0.1) is 6.61 Å². The first-order chi connectivity index (χ1) is 6.36. The summed E-state index contributed by atoms with van der Waals surface area (Å²) in [4.78, 5) is 0. The molecule has 0 saturated carbocycles. The van der Waals surface area contributed by atoms with Crippen molar-refractivity contribution in [1.29, 1.82) is 0 Å². The van der Waals surface area contributed by atoms with Crippen LogP contribution in [0.3, 0.4) is 0 Å². The molecule has 0 amide bonds. The van der Waals surface area contributed by atoms with Crippen molar-refractivity contribution < 1.29 is 4.74 Å². The number of ether oxygens (including phenoxy) is 1. The van der Waals surface area contributed by atoms with E-state index in [0.29, 0.717) is 0 Å². The number of likely N-dealkylation sites (N-methyl/N-ethyl adjacent to an activating group) is 1. The van der Waals surface area contributed by atoms with Gasteiger partial charge in [0.15, 0.2) is 0 Å². The van der Waals surface area contributed by atoms with Gasteiger partial charge in [-0.1, -0.05) is 12.1 Å². The van der Waals surface area contributed by atoms with E-state index in [4.69, 9.17) is 4.74 Å². The second kappa shape index (κ2) is 5.60. The number of hydrogen-bond donors (Lipinski definition) is 1. The average molecular weight is 179 g/mol. The van der Waals surface area contributed by atoms with Crippen molar-refractivity contribution in [2.75, 3.05) is 20.2 Å². The molecule has 1 aromatic rings. The number of hydrogen-bond acceptors (Lipinski definition) is 2. The predicted molar refractivity (Wildman–Crippen MR) is 55.2 cm³/mol. The zero-order chi connectivity index (χ0) is 9.52. The first kappa shape index (κ1) is 10.1. The van der Waals surface area contributed by atoms with E-state index >= 15 is 0 Å². The average Bonchev–Trinajstić information content (AvgIpc) is 2.17. The molecule has 0 fully saturated rings. The molecule has 72 valence electrons. The van der Waals surface area contributed by atoms with Crippen LogP contribution >= 0.6 is 0 Å². The van der Waals surface area contributed by atoms with Gasteiger partial charge in [-0.3, -0.25) is 0 Å². The lowest BCUT2D eigenvalue weighted by Crippen LogP contribution is -2.10. The molecule has 0 spiro atoms. The molecule has 2 nitrogen and oxygen atoms in total. The van der Waals surface area contributed by atoms with E-state index < -0.39 is 0 Å². The standard InChI is InChI=1S/C11H17NO/c1-3-13-11-6-4-10(5-7-11)8-9-12-2/h4-7,12H,3,8-9H2,1-2H3. The Morgan fingerprint density at radius 3 is 2.46 bits per heavy atom. The molecule has 0 radical (unpaired) electrons. The van der Waals surface area contributed by atoms with Gasteiger partial charge in [0.25, 0.3) is 0 Å². The minimum absolute atomic E-state index is 0.732. The van der Waals surface area contributed by atoms with E-state index in [1.165, 1.54) is 5.56 Å². The van der Waals surface area contributed by atoms with Gasteiger partial charge in [-0.2, -0.15) is 0 Å². The van der Waals surface area contributed by atoms with Gasteiger partial charge in [0, 0.05) is 0 Å². The Bertz CT molecular complexity index is 230. The van der Waals surface area contributed by atoms with Gasteiger partial charge in [-0.05, 0) is 44.6 Å². The minimum atomic E-state index is 0.732. The highest BCUT2D eigenvalue weighted by Gasteiger charge is 1.93. The van der Waals surface area contributed by atoms with E-state index in [-0.39, 0.29) is 0 Å². The van der Waals surface area contributed by atoms with Crippen molar-refractivity contribution in [2.24, 2.45) is 0 Å². The maximum Gasteiger partial charge on any atom is 0.119 e. The van der Waals surface area contributed by atoms with Gasteiger partial charge in [-0.25, -0.2) is 0 Å². The summed E-state index contributed by atoms with van der Waals surface area (Å²) in [5.41, 5.74) is 1.35. The molecule has 0 aromatic heterocycles. The smallest absolute Gasteiger partial charge is 0.119 e. The Morgan fingerprint density at radius 1 is 1.23 bits per heavy atom. The van der Waals surface area contributed by atoms with Crippen LogP contribution in [0.1, 0.15) is 12.5 Å². The highest BCUT2D eigenvalue weighted by molar-refractivity contribution is 5.27. The lowest BCUT2D eigenvalue weighted by atomic mass is 10.1. The van der Waals surface area contributed by atoms with Crippen molar-refractivity contribution in [1.82, 2.24) is 5.32 Å². The summed E-state index contributed by atoms with van der Waals surface area (Å²) >= 11 is 0. The second-order valence-electron chi connectivity index (χ2n) is 2.93. The van der Waals surface area contributed by atoms with Crippen LogP contribution in [0, 0.1) is 0 Å². The molecule has 1 rings (SSSR count). The maximum atomic E-state index is 5.35. The third kappa shape index (κ3) is 3.47. The van der Waals surface area contributed by atoms with Crippen LogP contribution < -0.4 is 10.1 Å². The molecule has 1 aromatic carbocycles. The van der Waals surface area contributed by atoms with Gasteiger partial charge in [0.1, 0.15) is 5.75 Å². The molecular weight excluding hydrogens is 162 g/mol. The third-order valence-electron chi connectivity index (χ3n) is 1.90. The van der Waals surface area contributed by atoms with Crippen LogP contribution in [0.5, 0.6) is 5.75 Å². The van der Waals surface area contributed by atoms with Crippen molar-refractivity contribution in [3.63, 3.8) is 0 Å². The van der Waals surface area contributed by atoms with E-state index in [2.05, 4.69) is 17.4 Å². The Labute approximate surface area is 79.9 Å². The SMILES string of the molecule is CCOc1ccc(CCNC)cc1. The molecule has 0 aliphatic carbocycles. The topological polar surface area (TPSA) is 21.3 Å². The van der Waals surface area contributed by atoms with Crippen LogP contribution in [0.4, 0.5) is 0 Å². The van der Waals surface area contributed by atoms with Gasteiger partial charge in [-0.15, -0.1) is 0 Å². The Balaban J connectivity index is 2.48. The van der Waals surface area contributed by atoms with Crippen LogP contribution in [-0.2, 0) is 6.42 Å². The van der Waals surface area contributed by atoms with Gasteiger partial charge >= 0.3 is 0 Å². The summed E-state index contributed by atoms with van der Waals surface area (Å²) in [6.45, 7) is 3.75. The van der Waals surface area contributed by atoms with Crippen molar-refractivity contribution in [3.8, 4) is 5.75 Å². The second-order valence-corrected chi connectivity index (χ2v) is 2.93. The highest BCUT2D eigenvalue weighted by atomic mass is 16.5. The van der Waals surface area contributed by atoms with E-state index in [1.807, 2.05) is 26.1 Å². The summed E-state index contributed by atoms with van der Waals surface area (Å²) in [5, 5.41) is 3.12. The molecule has 0 aliphatic heterocycles. The van der Waals surface area contributed by atoms with Crippen LogP contribution in [-0.4, -0.2) is 20.2 Å². The first-order valence-corrected chi connectivity index (χ1v) is 4.73. The highest BCUT2D eigenvalue weighted by Crippen LogP contribution is 2.11. The molecule has 0 heterocycles. The molecule has 0 bridgehead atoms. The Kier molecular flexibility index (Phi) is 4.33. The minimum Gasteiger partial charge on any atom is -0.494 e. The first-order valence-electron chi connectivity index (χ1n) is 4.73. The van der Waals surface area contributed by atoms with Gasteiger partial charge < -0.3 is 10.1 Å². The maximum absolute atomic E-state index is 5.35. The normalized spacial score (nSPS) is 10.0. The summed E-state index contributed by atoms with van der Waals surface area (Å²) in [7, 11) is 1.97. The molecule has 1 N–H and O–H groups in total. The molecule has 0 aliphatic rings. The summed E-state index contributed by atoms with van der Waals surface area (Å²) in [6.07, 6.45) is 1.07. The molecule has 0 saturated heterocycles. The Hall–Kier alpha value is -1.02. The fraction of sp³-hybridized carbons (Fsp3) is 0.455. The summed E-state index contributed by atoms with van der Waals surface area (Å²) < 4.78 is 5.35. The summed E-state index contributed by atoms with van der Waals surface area (Å²) in [5.74, 6) is 0.954. The largest absolute Gasteiger partial charge is 0.494 e. The lowest BCUT2D eigenvalue weighted by molar-refractivity contribution is 0.340. The van der Waals surface area contributed by atoms with E-state index in [0.717, 1.165) is 25.3 Å². The summed E-state index contributed by atoms with van der Waals surface area (Å²) in [6, 6.07) is 8.27. The van der Waals surface area contributed by atoms with Crippen LogP contribution in [0.2, 0.25) is 0 Å². The predicted octanol–water partition coefficient (Wildman–Crippen LogP) is 1.85. The monoisotopic (exact) mass is 179 g/mol. The zero-order valence-corrected chi connectivity index (χ0v) is 8.34. The third-order valence-corrected chi connectivity index (χ3v) is 1.90. The molecule has 2 heteroatoms. The van der Waals surface area contributed by atoms with Crippen LogP contribution in [0.25, 0.3) is 0 Å². The molecule has 0 atom stereocenters. The fourth-order valence-corrected chi connectivity index (χ4v) is 1.19. The fourth-order valence-electron chi connectivity index (χ4n) is 1.19. The Morgan fingerprint density at radius 2 is 1.92 bits per heavy atom. The van der Waals surface area contributed by atoms with Crippen molar-refractivity contribution >= 4 is 0 Å². The molecular formula is C11H17NO. The number of nitrogens with one attached hydrogen (secondary N) is 1. The van der Waals surface area contributed by atoms with Crippen molar-refractivity contribution in [2.45, 2.75) is 13.3 Å². The zero-order valence-electron chi connectivity index (χ0n) is 8.34. The van der Waals surface area contributed by atoms with E-state index in [9.17, 15) is 0 Å². The molecule has 13 heavy (non-hydrogen) atoms. The lowest BCUT2D eigenvalue weighted by Gasteiger charge is -2.04. The number of rotatable bonds is 5. The van der Waals surface area contributed by atoms with Crippen LogP contribution in [0.15, 0.2) is 24.3 Å². The number of benzene rings is 1.